The van der Waals surface area contributed by atoms with Crippen LogP contribution in [0.15, 0.2) is 107 Å². The monoisotopic (exact) mass is 541 g/mol. The fourth-order valence-electron chi connectivity index (χ4n) is 5.01. The Morgan fingerprint density at radius 2 is 1.25 bits per heavy atom. The molecule has 0 unspecified atom stereocenters. The lowest BCUT2D eigenvalue weighted by Gasteiger charge is -2.25. The van der Waals surface area contributed by atoms with Gasteiger partial charge in [0.05, 0.1) is 28.5 Å². The van der Waals surface area contributed by atoms with Crippen molar-refractivity contribution in [1.29, 1.82) is 0 Å². The predicted molar refractivity (Wildman–Crippen MR) is 170 cm³/mol. The molecule has 0 atom stereocenters. The summed E-state index contributed by atoms with van der Waals surface area (Å²) in [5.74, 6) is 0. The normalized spacial score (nSPS) is 12.8. The predicted octanol–water partition coefficient (Wildman–Crippen LogP) is 10.3. The van der Waals surface area contributed by atoms with Gasteiger partial charge in [0.1, 0.15) is 0 Å². The summed E-state index contributed by atoms with van der Waals surface area (Å²) < 4.78 is 0. The summed E-state index contributed by atoms with van der Waals surface area (Å²) in [7, 11) is 0. The van der Waals surface area contributed by atoms with Gasteiger partial charge in [-0.2, -0.15) is 0 Å². The molecule has 3 nitrogen and oxygen atoms in total. The first-order valence-electron chi connectivity index (χ1n) is 13.8. The highest BCUT2D eigenvalue weighted by Gasteiger charge is 2.23. The fraction of sp³-hybridized carbons (Fsp3) is 0.222. The van der Waals surface area contributed by atoms with Crippen LogP contribution in [0.4, 0.5) is 11.4 Å². The van der Waals surface area contributed by atoms with Crippen molar-refractivity contribution in [2.45, 2.75) is 62.2 Å². The number of hydrogen-bond donors (Lipinski definition) is 1. The molecule has 4 heteroatoms. The molecule has 0 saturated heterocycles. The van der Waals surface area contributed by atoms with Crippen molar-refractivity contribution in [2.75, 3.05) is 5.32 Å². The largest absolute Gasteiger partial charge is 0.353 e. The average Bonchev–Trinajstić information content (AvgIpc) is 2.95. The summed E-state index contributed by atoms with van der Waals surface area (Å²) in [5, 5.41) is 3.70. The molecule has 0 radical (unpaired) electrons. The van der Waals surface area contributed by atoms with Crippen LogP contribution in [0.25, 0.3) is 33.8 Å². The van der Waals surface area contributed by atoms with E-state index in [1.54, 1.807) is 11.8 Å². The molecule has 200 valence electrons. The fourth-order valence-corrected chi connectivity index (χ4v) is 6.04. The van der Waals surface area contributed by atoms with Crippen LogP contribution >= 0.6 is 11.8 Å². The lowest BCUT2D eigenvalue weighted by atomic mass is 9.85. The Hall–Kier alpha value is -3.89. The molecule has 6 rings (SSSR count). The summed E-state index contributed by atoms with van der Waals surface area (Å²) in [5.41, 5.74) is 11.1. The molecule has 0 saturated carbocycles. The third-order valence-electron chi connectivity index (χ3n) is 7.44. The van der Waals surface area contributed by atoms with Crippen molar-refractivity contribution < 1.29 is 0 Å². The molecule has 0 fully saturated rings. The SMILES string of the molecule is CC(C)(C)c1ccnc(-c2cccc(-c3cc(C(C)(C)C)cc(-c4cccc5c4Nc4ccccc4S5)n3)c2)c1. The van der Waals surface area contributed by atoms with Crippen LogP contribution in [0, 0.1) is 0 Å². The Morgan fingerprint density at radius 3 is 2.02 bits per heavy atom. The van der Waals surface area contributed by atoms with E-state index in [-0.39, 0.29) is 10.8 Å². The summed E-state index contributed by atoms with van der Waals surface area (Å²) in [4.78, 5) is 12.4. The maximum absolute atomic E-state index is 5.27. The summed E-state index contributed by atoms with van der Waals surface area (Å²) >= 11 is 1.81. The Bertz CT molecular complexity index is 1720. The second-order valence-electron chi connectivity index (χ2n) is 12.5. The Morgan fingerprint density at radius 1 is 0.600 bits per heavy atom. The molecule has 1 aliphatic heterocycles. The standard InChI is InChI=1S/C36H35N3S/c1-35(2,3)25-17-18-37-29(20-25)23-11-9-12-24(19-23)30-21-26(36(4,5)6)22-31(38-30)27-13-10-16-33-34(27)39-28-14-7-8-15-32(28)40-33/h7-22,39H,1-6H3. The van der Waals surface area contributed by atoms with Crippen LogP contribution < -0.4 is 5.32 Å². The minimum absolute atomic E-state index is 0.0315. The quantitative estimate of drug-likeness (QED) is 0.242. The lowest BCUT2D eigenvalue weighted by Crippen LogP contribution is -2.12. The highest BCUT2D eigenvalue weighted by molar-refractivity contribution is 7.99. The van der Waals surface area contributed by atoms with Gasteiger partial charge < -0.3 is 5.32 Å². The van der Waals surface area contributed by atoms with Gasteiger partial charge in [0.25, 0.3) is 0 Å². The second kappa shape index (κ2) is 9.94. The van der Waals surface area contributed by atoms with E-state index < -0.39 is 0 Å². The van der Waals surface area contributed by atoms with Gasteiger partial charge in [-0.3, -0.25) is 4.98 Å². The van der Waals surface area contributed by atoms with Gasteiger partial charge in [-0.05, 0) is 70.5 Å². The molecule has 0 spiro atoms. The molecule has 40 heavy (non-hydrogen) atoms. The topological polar surface area (TPSA) is 37.8 Å². The van der Waals surface area contributed by atoms with Crippen molar-refractivity contribution in [1.82, 2.24) is 9.97 Å². The smallest absolute Gasteiger partial charge is 0.0733 e. The van der Waals surface area contributed by atoms with Crippen molar-refractivity contribution in [3.63, 3.8) is 0 Å². The number of fused-ring (bicyclic) bond motifs is 2. The minimum Gasteiger partial charge on any atom is -0.353 e. The van der Waals surface area contributed by atoms with Crippen LogP contribution in [0.3, 0.4) is 0 Å². The molecule has 5 aromatic rings. The highest BCUT2D eigenvalue weighted by atomic mass is 32.2. The molecule has 0 amide bonds. The molecule has 3 aromatic carbocycles. The molecular weight excluding hydrogens is 506 g/mol. The number of para-hydroxylation sites is 2. The van der Waals surface area contributed by atoms with E-state index in [4.69, 9.17) is 9.97 Å². The van der Waals surface area contributed by atoms with Crippen molar-refractivity contribution in [3.8, 4) is 33.8 Å². The summed E-state index contributed by atoms with van der Waals surface area (Å²) in [6.07, 6.45) is 1.92. The number of nitrogens with one attached hydrogen (secondary N) is 1. The van der Waals surface area contributed by atoms with Crippen LogP contribution in [0.2, 0.25) is 0 Å². The molecule has 1 aliphatic rings. The van der Waals surface area contributed by atoms with E-state index in [0.29, 0.717) is 0 Å². The van der Waals surface area contributed by atoms with E-state index in [9.17, 15) is 0 Å². The first-order chi connectivity index (χ1) is 19.1. The molecule has 1 N–H and O–H groups in total. The zero-order valence-electron chi connectivity index (χ0n) is 24.0. The van der Waals surface area contributed by atoms with Gasteiger partial charge in [0.2, 0.25) is 0 Å². The average molecular weight is 542 g/mol. The van der Waals surface area contributed by atoms with E-state index in [0.717, 1.165) is 45.1 Å². The Balaban J connectivity index is 1.47. The molecule has 3 heterocycles. The van der Waals surface area contributed by atoms with Crippen molar-refractivity contribution >= 4 is 23.1 Å². The lowest BCUT2D eigenvalue weighted by molar-refractivity contribution is 0.589. The van der Waals surface area contributed by atoms with Gasteiger partial charge in [-0.25, -0.2) is 4.98 Å². The van der Waals surface area contributed by atoms with Crippen molar-refractivity contribution in [3.05, 3.63) is 108 Å². The van der Waals surface area contributed by atoms with E-state index >= 15 is 0 Å². The zero-order valence-corrected chi connectivity index (χ0v) is 24.9. The number of hydrogen-bond acceptors (Lipinski definition) is 4. The second-order valence-corrected chi connectivity index (χ2v) is 13.6. The number of pyridine rings is 2. The maximum Gasteiger partial charge on any atom is 0.0733 e. The van der Waals surface area contributed by atoms with Gasteiger partial charge in [0, 0.05) is 32.7 Å². The van der Waals surface area contributed by atoms with Crippen LogP contribution in [-0.2, 0) is 10.8 Å². The van der Waals surface area contributed by atoms with E-state index in [1.165, 1.54) is 20.9 Å². The van der Waals surface area contributed by atoms with Crippen LogP contribution in [-0.4, -0.2) is 9.97 Å². The molecular formula is C36H35N3S. The van der Waals surface area contributed by atoms with E-state index in [1.807, 2.05) is 6.20 Å². The first kappa shape index (κ1) is 26.3. The third-order valence-corrected chi connectivity index (χ3v) is 8.58. The van der Waals surface area contributed by atoms with Gasteiger partial charge in [0.15, 0.2) is 0 Å². The number of benzene rings is 3. The zero-order chi connectivity index (χ0) is 28.1. The van der Waals surface area contributed by atoms with E-state index in [2.05, 4.69) is 138 Å². The Labute approximate surface area is 242 Å². The third kappa shape index (κ3) is 5.16. The molecule has 0 aliphatic carbocycles. The number of rotatable bonds is 3. The maximum atomic E-state index is 5.27. The highest BCUT2D eigenvalue weighted by Crippen LogP contribution is 2.48. The molecule has 0 bridgehead atoms. The number of nitrogens with zero attached hydrogens (tertiary/aromatic N) is 2. The Kier molecular flexibility index (Phi) is 6.54. The summed E-state index contributed by atoms with van der Waals surface area (Å²) in [6.45, 7) is 13.5. The van der Waals surface area contributed by atoms with Crippen LogP contribution in [0.1, 0.15) is 52.7 Å². The van der Waals surface area contributed by atoms with Crippen molar-refractivity contribution in [2.24, 2.45) is 0 Å². The molecule has 2 aromatic heterocycles. The summed E-state index contributed by atoms with van der Waals surface area (Å²) in [6, 6.07) is 32.4. The minimum atomic E-state index is -0.0315. The first-order valence-corrected chi connectivity index (χ1v) is 14.7. The number of aromatic nitrogens is 2. The van der Waals surface area contributed by atoms with Gasteiger partial charge in [-0.15, -0.1) is 0 Å². The number of anilines is 2. The van der Waals surface area contributed by atoms with Crippen LogP contribution in [0.5, 0.6) is 0 Å². The van der Waals surface area contributed by atoms with Gasteiger partial charge in [-0.1, -0.05) is 95.8 Å². The van der Waals surface area contributed by atoms with Gasteiger partial charge >= 0.3 is 0 Å².